The minimum Gasteiger partial charge on any atom is -0.345 e. The predicted molar refractivity (Wildman–Crippen MR) is 97.5 cm³/mol. The number of rotatable bonds is 4. The molecule has 2 N–H and O–H groups in total. The number of sulfonamides is 1. The molecule has 1 fully saturated rings. The lowest BCUT2D eigenvalue weighted by atomic mass is 10.3. The number of H-pyrrole nitrogens is 1. The molecule has 4 rings (SSSR count). The number of benzene rings is 1. The quantitative estimate of drug-likeness (QED) is 0.730. The number of carbonyl (C=O) groups is 1. The highest BCUT2D eigenvalue weighted by molar-refractivity contribution is 7.89. The molecule has 0 atom stereocenters. The number of aromatic nitrogens is 3. The predicted octanol–water partition coefficient (Wildman–Crippen LogP) is 1.94. The summed E-state index contributed by atoms with van der Waals surface area (Å²) in [5, 5.41) is 2.69. The van der Waals surface area contributed by atoms with Crippen LogP contribution in [0.4, 0.5) is 5.95 Å². The topological polar surface area (TPSA) is 100 Å². The van der Waals surface area contributed by atoms with Crippen LogP contribution in [-0.2, 0) is 17.1 Å². The van der Waals surface area contributed by atoms with Crippen molar-refractivity contribution in [1.82, 2.24) is 18.8 Å². The Bertz CT molecular complexity index is 1040. The molecule has 26 heavy (non-hydrogen) atoms. The van der Waals surface area contributed by atoms with Crippen molar-refractivity contribution in [1.29, 1.82) is 0 Å². The summed E-state index contributed by atoms with van der Waals surface area (Å²) in [6, 6.07) is 8.85. The summed E-state index contributed by atoms with van der Waals surface area (Å²) in [7, 11) is -1.91. The lowest BCUT2D eigenvalue weighted by molar-refractivity contribution is 0.101. The van der Waals surface area contributed by atoms with E-state index in [1.807, 2.05) is 24.3 Å². The molecule has 0 aliphatic carbocycles. The summed E-state index contributed by atoms with van der Waals surface area (Å²) in [5.41, 5.74) is 1.81. The first-order chi connectivity index (χ1) is 12.4. The fourth-order valence-corrected chi connectivity index (χ4v) is 4.75. The number of aromatic amines is 1. The van der Waals surface area contributed by atoms with E-state index in [1.165, 1.54) is 21.1 Å². The third-order valence-corrected chi connectivity index (χ3v) is 6.40. The van der Waals surface area contributed by atoms with Crippen LogP contribution in [0.1, 0.15) is 23.3 Å². The average Bonchev–Trinajstić information content (AvgIpc) is 3.33. The molecule has 9 heteroatoms. The van der Waals surface area contributed by atoms with Gasteiger partial charge in [-0.15, -0.1) is 0 Å². The van der Waals surface area contributed by atoms with Gasteiger partial charge in [-0.3, -0.25) is 10.1 Å². The van der Waals surface area contributed by atoms with Crippen molar-refractivity contribution in [2.24, 2.45) is 7.05 Å². The smallest absolute Gasteiger partial charge is 0.274 e. The molecular weight excluding hydrogens is 354 g/mol. The lowest BCUT2D eigenvalue weighted by Gasteiger charge is -2.13. The number of aryl methyl sites for hydroxylation is 1. The van der Waals surface area contributed by atoms with Gasteiger partial charge in [0.05, 0.1) is 11.0 Å². The number of imidazole rings is 1. The van der Waals surface area contributed by atoms with E-state index in [-0.39, 0.29) is 10.6 Å². The third-order valence-electron chi connectivity index (χ3n) is 4.54. The van der Waals surface area contributed by atoms with Crippen LogP contribution in [-0.4, -0.2) is 46.3 Å². The second-order valence-electron chi connectivity index (χ2n) is 6.34. The van der Waals surface area contributed by atoms with E-state index in [2.05, 4.69) is 15.3 Å². The van der Waals surface area contributed by atoms with Gasteiger partial charge < -0.3 is 9.55 Å². The molecule has 0 bridgehead atoms. The van der Waals surface area contributed by atoms with Gasteiger partial charge in [0.15, 0.2) is 0 Å². The van der Waals surface area contributed by atoms with Gasteiger partial charge in [0.25, 0.3) is 5.91 Å². The summed E-state index contributed by atoms with van der Waals surface area (Å²) >= 11 is 0. The van der Waals surface area contributed by atoms with E-state index in [0.29, 0.717) is 19.0 Å². The number of amides is 1. The number of fused-ring (bicyclic) bond motifs is 1. The van der Waals surface area contributed by atoms with E-state index in [4.69, 9.17) is 0 Å². The van der Waals surface area contributed by atoms with Crippen LogP contribution in [0.5, 0.6) is 0 Å². The van der Waals surface area contributed by atoms with E-state index >= 15 is 0 Å². The van der Waals surface area contributed by atoms with E-state index < -0.39 is 15.9 Å². The molecule has 8 nitrogen and oxygen atoms in total. The monoisotopic (exact) mass is 373 g/mol. The Morgan fingerprint density at radius 3 is 2.69 bits per heavy atom. The van der Waals surface area contributed by atoms with Crippen molar-refractivity contribution in [3.63, 3.8) is 0 Å². The zero-order valence-electron chi connectivity index (χ0n) is 14.3. The van der Waals surface area contributed by atoms with Gasteiger partial charge in [-0.2, -0.15) is 4.31 Å². The van der Waals surface area contributed by atoms with Gasteiger partial charge in [-0.1, -0.05) is 12.1 Å². The van der Waals surface area contributed by atoms with Crippen molar-refractivity contribution in [2.75, 3.05) is 18.4 Å². The van der Waals surface area contributed by atoms with Crippen LogP contribution < -0.4 is 5.32 Å². The summed E-state index contributed by atoms with van der Waals surface area (Å²) < 4.78 is 28.3. The van der Waals surface area contributed by atoms with Crippen molar-refractivity contribution < 1.29 is 13.2 Å². The Morgan fingerprint density at radius 1 is 1.23 bits per heavy atom. The standard InChI is InChI=1S/C17H19N5O3S/c1-21-11-12(26(24,25)22-8-4-5-9-22)10-15(21)16(23)20-17-18-13-6-2-3-7-14(13)19-17/h2-3,6-7,10-11H,4-5,8-9H2,1H3,(H2,18,19,20,23). The minimum atomic E-state index is -3.56. The van der Waals surface area contributed by atoms with Gasteiger partial charge in [0.2, 0.25) is 16.0 Å². The summed E-state index contributed by atoms with van der Waals surface area (Å²) in [6.45, 7) is 1.05. The Balaban J connectivity index is 1.59. The maximum atomic E-state index is 12.7. The number of para-hydroxylation sites is 2. The maximum Gasteiger partial charge on any atom is 0.274 e. The van der Waals surface area contributed by atoms with Crippen molar-refractivity contribution >= 4 is 32.9 Å². The molecule has 0 unspecified atom stereocenters. The van der Waals surface area contributed by atoms with Crippen molar-refractivity contribution in [3.8, 4) is 0 Å². The van der Waals surface area contributed by atoms with Crippen LogP contribution in [0.3, 0.4) is 0 Å². The highest BCUT2D eigenvalue weighted by atomic mass is 32.2. The Labute approximate surface area is 150 Å². The molecule has 1 amide bonds. The Morgan fingerprint density at radius 2 is 1.96 bits per heavy atom. The fraction of sp³-hybridized carbons (Fsp3) is 0.294. The number of carbonyl (C=O) groups excluding carboxylic acids is 1. The number of nitrogens with zero attached hydrogens (tertiary/aromatic N) is 3. The second kappa shape index (κ2) is 6.26. The second-order valence-corrected chi connectivity index (χ2v) is 8.28. The molecule has 0 spiro atoms. The summed E-state index contributed by atoms with van der Waals surface area (Å²) in [5.74, 6) is -0.101. The molecule has 1 saturated heterocycles. The summed E-state index contributed by atoms with van der Waals surface area (Å²) in [4.78, 5) is 20.0. The van der Waals surface area contributed by atoms with Crippen molar-refractivity contribution in [2.45, 2.75) is 17.7 Å². The maximum absolute atomic E-state index is 12.7. The van der Waals surface area contributed by atoms with E-state index in [1.54, 1.807) is 7.05 Å². The van der Waals surface area contributed by atoms with Crippen molar-refractivity contribution in [3.05, 3.63) is 42.2 Å². The molecule has 1 aliphatic rings. The highest BCUT2D eigenvalue weighted by Crippen LogP contribution is 2.23. The third kappa shape index (κ3) is 2.89. The van der Waals surface area contributed by atoms with E-state index in [0.717, 1.165) is 23.9 Å². The Hall–Kier alpha value is -2.65. The first kappa shape index (κ1) is 16.8. The normalized spacial score (nSPS) is 15.6. The van der Waals surface area contributed by atoms with Gasteiger partial charge in [0, 0.05) is 26.3 Å². The highest BCUT2D eigenvalue weighted by Gasteiger charge is 2.29. The largest absolute Gasteiger partial charge is 0.345 e. The van der Waals surface area contributed by atoms with Gasteiger partial charge in [0.1, 0.15) is 10.6 Å². The molecule has 1 aromatic carbocycles. The van der Waals surface area contributed by atoms with Crippen LogP contribution in [0.2, 0.25) is 0 Å². The molecule has 1 aliphatic heterocycles. The molecule has 3 aromatic rings. The summed E-state index contributed by atoms with van der Waals surface area (Å²) in [6.07, 6.45) is 3.21. The molecule has 136 valence electrons. The van der Waals surface area contributed by atoms with Crippen LogP contribution in [0.15, 0.2) is 41.4 Å². The number of hydrogen-bond donors (Lipinski definition) is 2. The average molecular weight is 373 g/mol. The zero-order chi connectivity index (χ0) is 18.3. The number of nitrogens with one attached hydrogen (secondary N) is 2. The molecule has 2 aromatic heterocycles. The molecular formula is C17H19N5O3S. The first-order valence-corrected chi connectivity index (χ1v) is 9.82. The SMILES string of the molecule is Cn1cc(S(=O)(=O)N2CCCC2)cc1C(=O)Nc1nc2ccccc2[nH]1. The van der Waals surface area contributed by atoms with Gasteiger partial charge in [-0.05, 0) is 31.0 Å². The minimum absolute atomic E-state index is 0.136. The zero-order valence-corrected chi connectivity index (χ0v) is 15.1. The van der Waals surface area contributed by atoms with Gasteiger partial charge in [-0.25, -0.2) is 13.4 Å². The van der Waals surface area contributed by atoms with Crippen LogP contribution in [0, 0.1) is 0 Å². The number of hydrogen-bond acceptors (Lipinski definition) is 4. The lowest BCUT2D eigenvalue weighted by Crippen LogP contribution is -2.27. The van der Waals surface area contributed by atoms with Crippen LogP contribution in [0.25, 0.3) is 11.0 Å². The molecule has 0 saturated carbocycles. The first-order valence-electron chi connectivity index (χ1n) is 8.38. The Kier molecular flexibility index (Phi) is 4.04. The molecule has 3 heterocycles. The van der Waals surface area contributed by atoms with Gasteiger partial charge >= 0.3 is 0 Å². The molecule has 0 radical (unpaired) electrons. The van der Waals surface area contributed by atoms with Crippen LogP contribution >= 0.6 is 0 Å². The number of anilines is 1. The fourth-order valence-electron chi connectivity index (χ4n) is 3.16. The van der Waals surface area contributed by atoms with E-state index in [9.17, 15) is 13.2 Å².